The van der Waals surface area contributed by atoms with Crippen LogP contribution in [0.4, 0.5) is 0 Å². The van der Waals surface area contributed by atoms with Crippen LogP contribution in [0.3, 0.4) is 0 Å². The van der Waals surface area contributed by atoms with Gasteiger partial charge in [0.15, 0.2) is 8.32 Å². The standard InChI is InChI=1S/C9H19NOSi/c1-8(2)9(3,7-10)11-12(4,5)6/h8H,1-6H3/t9-/m1/s1. The highest BCUT2D eigenvalue weighted by Gasteiger charge is 2.34. The van der Waals surface area contributed by atoms with E-state index < -0.39 is 13.9 Å². The lowest BCUT2D eigenvalue weighted by molar-refractivity contribution is 0.0898. The van der Waals surface area contributed by atoms with E-state index in [9.17, 15) is 0 Å². The lowest BCUT2D eigenvalue weighted by atomic mass is 9.95. The summed E-state index contributed by atoms with van der Waals surface area (Å²) in [5.41, 5.74) is -0.607. The molecule has 0 N–H and O–H groups in total. The highest BCUT2D eigenvalue weighted by molar-refractivity contribution is 6.69. The second-order valence-corrected chi connectivity index (χ2v) is 9.02. The molecule has 0 spiro atoms. The quantitative estimate of drug-likeness (QED) is 0.633. The average Bonchev–Trinajstić information content (AvgIpc) is 1.83. The van der Waals surface area contributed by atoms with Crippen LogP contribution in [0.15, 0.2) is 0 Å². The number of nitriles is 1. The van der Waals surface area contributed by atoms with Crippen LogP contribution in [0.1, 0.15) is 20.8 Å². The fraction of sp³-hybridized carbons (Fsp3) is 0.889. The Morgan fingerprint density at radius 1 is 1.33 bits per heavy atom. The maximum Gasteiger partial charge on any atom is 0.185 e. The molecule has 1 atom stereocenters. The SMILES string of the molecule is CC(C)[C@@](C)(C#N)O[Si](C)(C)C. The molecule has 0 rings (SSSR count). The van der Waals surface area contributed by atoms with Crippen molar-refractivity contribution in [3.63, 3.8) is 0 Å². The van der Waals surface area contributed by atoms with E-state index in [2.05, 4.69) is 25.7 Å². The van der Waals surface area contributed by atoms with Gasteiger partial charge in [-0.2, -0.15) is 5.26 Å². The molecule has 0 aliphatic carbocycles. The van der Waals surface area contributed by atoms with E-state index in [-0.39, 0.29) is 5.92 Å². The van der Waals surface area contributed by atoms with Crippen LogP contribution in [0.5, 0.6) is 0 Å². The van der Waals surface area contributed by atoms with Gasteiger partial charge in [0, 0.05) is 0 Å². The fourth-order valence-electron chi connectivity index (χ4n) is 0.906. The number of hydrogen-bond acceptors (Lipinski definition) is 2. The van der Waals surface area contributed by atoms with Gasteiger partial charge in [0.2, 0.25) is 0 Å². The van der Waals surface area contributed by atoms with Gasteiger partial charge < -0.3 is 4.43 Å². The van der Waals surface area contributed by atoms with Crippen molar-refractivity contribution in [3.05, 3.63) is 0 Å². The normalized spacial score (nSPS) is 17.2. The summed E-state index contributed by atoms with van der Waals surface area (Å²) in [5.74, 6) is 0.245. The van der Waals surface area contributed by atoms with Crippen LogP contribution in [0.2, 0.25) is 19.6 Å². The Labute approximate surface area is 76.7 Å². The maximum atomic E-state index is 8.97. The molecule has 0 aromatic heterocycles. The maximum absolute atomic E-state index is 8.97. The molecule has 0 aromatic carbocycles. The topological polar surface area (TPSA) is 33.0 Å². The Bertz CT molecular complexity index is 190. The minimum absolute atomic E-state index is 0.245. The zero-order chi connectivity index (χ0) is 9.99. The van der Waals surface area contributed by atoms with Crippen molar-refractivity contribution in [2.75, 3.05) is 0 Å². The number of hydrogen-bond donors (Lipinski definition) is 0. The summed E-state index contributed by atoms with van der Waals surface area (Å²) in [6.07, 6.45) is 0. The largest absolute Gasteiger partial charge is 0.400 e. The summed E-state index contributed by atoms with van der Waals surface area (Å²) in [6.45, 7) is 12.2. The molecule has 0 saturated heterocycles. The van der Waals surface area contributed by atoms with E-state index in [4.69, 9.17) is 9.69 Å². The van der Waals surface area contributed by atoms with Gasteiger partial charge in [0.1, 0.15) is 5.60 Å². The minimum Gasteiger partial charge on any atom is -0.400 e. The molecule has 0 fully saturated rings. The molecule has 3 heteroatoms. The second-order valence-electron chi connectivity index (χ2n) is 4.59. The smallest absolute Gasteiger partial charge is 0.185 e. The van der Waals surface area contributed by atoms with Crippen molar-refractivity contribution in [1.29, 1.82) is 5.26 Å². The minimum atomic E-state index is -1.60. The number of rotatable bonds is 3. The molecule has 0 heterocycles. The van der Waals surface area contributed by atoms with Gasteiger partial charge in [0.05, 0.1) is 6.07 Å². The highest BCUT2D eigenvalue weighted by Crippen LogP contribution is 2.24. The van der Waals surface area contributed by atoms with E-state index in [0.29, 0.717) is 0 Å². The summed E-state index contributed by atoms with van der Waals surface area (Å²) in [6, 6.07) is 2.25. The molecule has 0 amide bonds. The first-order valence-corrected chi connectivity index (χ1v) is 7.73. The predicted octanol–water partition coefficient (Wildman–Crippen LogP) is 2.78. The Kier molecular flexibility index (Phi) is 3.49. The first-order chi connectivity index (χ1) is 5.21. The molecule has 0 radical (unpaired) electrons. The van der Waals surface area contributed by atoms with E-state index in [1.807, 2.05) is 20.8 Å². The predicted molar refractivity (Wildman–Crippen MR) is 53.3 cm³/mol. The van der Waals surface area contributed by atoms with Crippen LogP contribution in [0, 0.1) is 17.2 Å². The third-order valence-electron chi connectivity index (χ3n) is 1.84. The van der Waals surface area contributed by atoms with Crippen molar-refractivity contribution in [3.8, 4) is 6.07 Å². The summed E-state index contributed by atoms with van der Waals surface area (Å²) in [4.78, 5) is 0. The highest BCUT2D eigenvalue weighted by atomic mass is 28.4. The Morgan fingerprint density at radius 2 is 1.75 bits per heavy atom. The third kappa shape index (κ3) is 3.38. The molecule has 70 valence electrons. The zero-order valence-electron chi connectivity index (χ0n) is 8.93. The van der Waals surface area contributed by atoms with Crippen LogP contribution in [0.25, 0.3) is 0 Å². The molecule has 0 aliphatic heterocycles. The monoisotopic (exact) mass is 185 g/mol. The second kappa shape index (κ2) is 3.59. The van der Waals surface area contributed by atoms with E-state index in [1.165, 1.54) is 0 Å². The van der Waals surface area contributed by atoms with Crippen molar-refractivity contribution < 1.29 is 4.43 Å². The first-order valence-electron chi connectivity index (χ1n) is 4.33. The average molecular weight is 185 g/mol. The summed E-state index contributed by atoms with van der Waals surface area (Å²) >= 11 is 0. The van der Waals surface area contributed by atoms with Crippen LogP contribution < -0.4 is 0 Å². The van der Waals surface area contributed by atoms with Gasteiger partial charge in [-0.05, 0) is 32.5 Å². The molecule has 0 aromatic rings. The van der Waals surface area contributed by atoms with Gasteiger partial charge in [-0.1, -0.05) is 13.8 Å². The fourth-order valence-corrected chi connectivity index (χ4v) is 2.46. The molecule has 12 heavy (non-hydrogen) atoms. The number of nitrogens with zero attached hydrogens (tertiary/aromatic N) is 1. The van der Waals surface area contributed by atoms with E-state index in [1.54, 1.807) is 0 Å². The molecule has 0 unspecified atom stereocenters. The van der Waals surface area contributed by atoms with Crippen LogP contribution in [-0.4, -0.2) is 13.9 Å². The van der Waals surface area contributed by atoms with E-state index >= 15 is 0 Å². The Balaban J connectivity index is 4.49. The molecular formula is C9H19NOSi. The van der Waals surface area contributed by atoms with Crippen molar-refractivity contribution in [2.45, 2.75) is 46.0 Å². The van der Waals surface area contributed by atoms with Gasteiger partial charge >= 0.3 is 0 Å². The Hall–Kier alpha value is -0.333. The molecule has 0 saturated carbocycles. The van der Waals surface area contributed by atoms with Crippen LogP contribution in [-0.2, 0) is 4.43 Å². The van der Waals surface area contributed by atoms with Gasteiger partial charge in [0.25, 0.3) is 0 Å². The van der Waals surface area contributed by atoms with Crippen molar-refractivity contribution >= 4 is 8.32 Å². The van der Waals surface area contributed by atoms with Crippen molar-refractivity contribution in [2.24, 2.45) is 5.92 Å². The Morgan fingerprint density at radius 3 is 1.83 bits per heavy atom. The summed E-state index contributed by atoms with van der Waals surface area (Å²) < 4.78 is 5.81. The summed E-state index contributed by atoms with van der Waals surface area (Å²) in [7, 11) is -1.60. The van der Waals surface area contributed by atoms with Gasteiger partial charge in [-0.3, -0.25) is 0 Å². The molecule has 0 aliphatic rings. The zero-order valence-corrected chi connectivity index (χ0v) is 9.93. The first kappa shape index (κ1) is 11.7. The van der Waals surface area contributed by atoms with Crippen LogP contribution >= 0.6 is 0 Å². The molecule has 2 nitrogen and oxygen atoms in total. The van der Waals surface area contributed by atoms with E-state index in [0.717, 1.165) is 0 Å². The molecule has 0 bridgehead atoms. The lowest BCUT2D eigenvalue weighted by Gasteiger charge is -2.33. The van der Waals surface area contributed by atoms with Gasteiger partial charge in [-0.15, -0.1) is 0 Å². The lowest BCUT2D eigenvalue weighted by Crippen LogP contribution is -2.43. The third-order valence-corrected chi connectivity index (χ3v) is 2.88. The van der Waals surface area contributed by atoms with Gasteiger partial charge in [-0.25, -0.2) is 0 Å². The summed E-state index contributed by atoms with van der Waals surface area (Å²) in [5, 5.41) is 8.97. The molecular weight excluding hydrogens is 166 g/mol. The van der Waals surface area contributed by atoms with Crippen molar-refractivity contribution in [1.82, 2.24) is 0 Å².